The Hall–Kier alpha value is -2.40. The second kappa shape index (κ2) is 6.72. The first-order valence-corrected chi connectivity index (χ1v) is 9.81. The Kier molecular flexibility index (Phi) is 4.41. The van der Waals surface area contributed by atoms with Crippen molar-refractivity contribution in [3.05, 3.63) is 68.4 Å². The molecule has 26 heavy (non-hydrogen) atoms. The van der Waals surface area contributed by atoms with Crippen molar-refractivity contribution >= 4 is 27.4 Å². The third-order valence-corrected chi connectivity index (χ3v) is 6.44. The molecule has 4 nitrogen and oxygen atoms in total. The molecule has 0 aliphatic heterocycles. The number of hydrogen-bond acceptors (Lipinski definition) is 3. The van der Waals surface area contributed by atoms with Crippen LogP contribution >= 0.6 is 11.3 Å². The molecule has 1 aliphatic rings. The molecule has 1 unspecified atom stereocenters. The van der Waals surface area contributed by atoms with E-state index in [0.717, 1.165) is 40.5 Å². The highest BCUT2D eigenvalue weighted by atomic mass is 32.1. The first kappa shape index (κ1) is 17.0. The van der Waals surface area contributed by atoms with E-state index in [1.165, 1.54) is 9.44 Å². The normalized spacial score (nSPS) is 16.6. The van der Waals surface area contributed by atoms with E-state index in [1.807, 2.05) is 30.3 Å². The lowest BCUT2D eigenvalue weighted by molar-refractivity contribution is 0.0683. The molecule has 1 atom stereocenters. The molecule has 0 spiro atoms. The minimum absolute atomic E-state index is 0.0880. The molecule has 2 aromatic heterocycles. The summed E-state index contributed by atoms with van der Waals surface area (Å²) in [6, 6.07) is 11.5. The van der Waals surface area contributed by atoms with Crippen LogP contribution in [0.5, 0.6) is 0 Å². The van der Waals surface area contributed by atoms with Crippen LogP contribution in [0.3, 0.4) is 0 Å². The van der Waals surface area contributed by atoms with Gasteiger partial charge in [-0.2, -0.15) is 0 Å². The van der Waals surface area contributed by atoms with Crippen LogP contribution in [0.25, 0.3) is 10.1 Å². The summed E-state index contributed by atoms with van der Waals surface area (Å²) in [7, 11) is 0. The molecule has 1 aliphatic carbocycles. The molecular formula is C21H21NO3S. The van der Waals surface area contributed by atoms with Crippen molar-refractivity contribution in [3.8, 4) is 0 Å². The van der Waals surface area contributed by atoms with Crippen LogP contribution in [-0.4, -0.2) is 15.6 Å². The zero-order valence-electron chi connectivity index (χ0n) is 14.7. The molecule has 0 fully saturated rings. The number of fused-ring (bicyclic) bond motifs is 3. The van der Waals surface area contributed by atoms with Crippen LogP contribution in [0.15, 0.2) is 41.2 Å². The summed E-state index contributed by atoms with van der Waals surface area (Å²) in [6.07, 6.45) is 3.62. The molecule has 4 rings (SSSR count). The molecule has 0 saturated heterocycles. The number of hydrogen-bond donors (Lipinski definition) is 1. The number of aromatic nitrogens is 1. The lowest BCUT2D eigenvalue weighted by Gasteiger charge is -2.18. The number of thiophene rings is 1. The molecule has 1 N–H and O–H groups in total. The van der Waals surface area contributed by atoms with E-state index in [9.17, 15) is 14.7 Å². The molecular weight excluding hydrogens is 346 g/mol. The average Bonchev–Trinajstić information content (AvgIpc) is 2.99. The van der Waals surface area contributed by atoms with E-state index in [0.29, 0.717) is 18.9 Å². The largest absolute Gasteiger partial charge is 0.477 e. The van der Waals surface area contributed by atoms with Crippen LogP contribution in [0.4, 0.5) is 0 Å². The monoisotopic (exact) mass is 367 g/mol. The molecule has 2 heterocycles. The molecule has 134 valence electrons. The van der Waals surface area contributed by atoms with Crippen LogP contribution in [0.1, 0.15) is 39.8 Å². The number of nitrogens with zero attached hydrogens (tertiary/aromatic N) is 1. The van der Waals surface area contributed by atoms with Gasteiger partial charge in [-0.25, -0.2) is 4.79 Å². The highest BCUT2D eigenvalue weighted by Gasteiger charge is 2.24. The molecule has 0 bridgehead atoms. The fraction of sp³-hybridized carbons (Fsp3) is 0.333. The van der Waals surface area contributed by atoms with Gasteiger partial charge in [0.1, 0.15) is 5.69 Å². The molecule has 3 aromatic rings. The number of aryl methyl sites for hydroxylation is 2. The van der Waals surface area contributed by atoms with Crippen molar-refractivity contribution in [1.29, 1.82) is 0 Å². The Balaban J connectivity index is 1.82. The van der Waals surface area contributed by atoms with Crippen molar-refractivity contribution in [3.63, 3.8) is 0 Å². The lowest BCUT2D eigenvalue weighted by Crippen LogP contribution is -2.27. The summed E-state index contributed by atoms with van der Waals surface area (Å²) in [5.74, 6) is -0.424. The minimum Gasteiger partial charge on any atom is -0.477 e. The first-order chi connectivity index (χ1) is 12.5. The minimum atomic E-state index is -1.04. The highest BCUT2D eigenvalue weighted by Crippen LogP contribution is 2.36. The van der Waals surface area contributed by atoms with Crippen molar-refractivity contribution in [1.82, 2.24) is 4.57 Å². The van der Waals surface area contributed by atoms with Crippen molar-refractivity contribution in [2.45, 2.75) is 39.2 Å². The van der Waals surface area contributed by atoms with Gasteiger partial charge in [-0.1, -0.05) is 37.3 Å². The third-order valence-electron chi connectivity index (χ3n) is 5.24. The zero-order valence-corrected chi connectivity index (χ0v) is 15.5. The van der Waals surface area contributed by atoms with E-state index in [-0.39, 0.29) is 11.3 Å². The van der Waals surface area contributed by atoms with Gasteiger partial charge in [-0.3, -0.25) is 4.79 Å². The standard InChI is InChI=1S/C21H21NO3S/c1-13-7-8-15-17(11-13)26-18-12-16(21(24)25)22(20(23)19(15)18)10-9-14-5-3-2-4-6-14/h2-6,12-13H,7-11H2,1H3,(H,24,25). The molecule has 5 heteroatoms. The topological polar surface area (TPSA) is 59.3 Å². The quantitative estimate of drug-likeness (QED) is 0.754. The van der Waals surface area contributed by atoms with Gasteiger partial charge in [0.2, 0.25) is 0 Å². The summed E-state index contributed by atoms with van der Waals surface area (Å²) in [5, 5.41) is 10.4. The van der Waals surface area contributed by atoms with Crippen LogP contribution in [0, 0.1) is 5.92 Å². The third kappa shape index (κ3) is 2.97. The average molecular weight is 367 g/mol. The van der Waals surface area contributed by atoms with Crippen molar-refractivity contribution < 1.29 is 9.90 Å². The highest BCUT2D eigenvalue weighted by molar-refractivity contribution is 7.19. The Morgan fingerprint density at radius 3 is 2.81 bits per heavy atom. The second-order valence-electron chi connectivity index (χ2n) is 7.12. The van der Waals surface area contributed by atoms with Gasteiger partial charge in [0.15, 0.2) is 0 Å². The maximum Gasteiger partial charge on any atom is 0.352 e. The predicted molar refractivity (Wildman–Crippen MR) is 104 cm³/mol. The number of benzene rings is 1. The fourth-order valence-corrected chi connectivity index (χ4v) is 5.28. The van der Waals surface area contributed by atoms with Crippen LogP contribution in [0.2, 0.25) is 0 Å². The van der Waals surface area contributed by atoms with E-state index >= 15 is 0 Å². The summed E-state index contributed by atoms with van der Waals surface area (Å²) < 4.78 is 2.27. The fourth-order valence-electron chi connectivity index (χ4n) is 3.84. The van der Waals surface area contributed by atoms with E-state index < -0.39 is 5.97 Å². The zero-order chi connectivity index (χ0) is 18.3. The number of rotatable bonds is 4. The summed E-state index contributed by atoms with van der Waals surface area (Å²) in [4.78, 5) is 26.2. The predicted octanol–water partition coefficient (Wildman–Crippen LogP) is 4.13. The maximum atomic E-state index is 13.2. The molecule has 0 saturated carbocycles. The van der Waals surface area contributed by atoms with Crippen LogP contribution < -0.4 is 5.56 Å². The van der Waals surface area contributed by atoms with Gasteiger partial charge >= 0.3 is 5.97 Å². The smallest absolute Gasteiger partial charge is 0.352 e. The molecule has 0 radical (unpaired) electrons. The second-order valence-corrected chi connectivity index (χ2v) is 8.25. The first-order valence-electron chi connectivity index (χ1n) is 9.00. The van der Waals surface area contributed by atoms with E-state index in [2.05, 4.69) is 6.92 Å². The Bertz CT molecular complexity index is 1030. The Morgan fingerprint density at radius 1 is 1.31 bits per heavy atom. The van der Waals surface area contributed by atoms with Crippen molar-refractivity contribution in [2.24, 2.45) is 5.92 Å². The summed E-state index contributed by atoms with van der Waals surface area (Å²) in [5.41, 5.74) is 2.18. The Morgan fingerprint density at radius 2 is 2.08 bits per heavy atom. The number of aromatic carboxylic acids is 1. The van der Waals surface area contributed by atoms with Crippen LogP contribution in [-0.2, 0) is 25.8 Å². The summed E-state index contributed by atoms with van der Waals surface area (Å²) in [6.45, 7) is 2.61. The van der Waals surface area contributed by atoms with Gasteiger partial charge in [0, 0.05) is 16.1 Å². The number of carboxylic acid groups (broad SMARTS) is 1. The van der Waals surface area contributed by atoms with E-state index in [1.54, 1.807) is 17.4 Å². The van der Waals surface area contributed by atoms with Gasteiger partial charge < -0.3 is 9.67 Å². The number of pyridine rings is 1. The Labute approximate surface area is 155 Å². The van der Waals surface area contributed by atoms with E-state index in [4.69, 9.17) is 0 Å². The summed E-state index contributed by atoms with van der Waals surface area (Å²) >= 11 is 1.60. The van der Waals surface area contributed by atoms with Gasteiger partial charge in [-0.15, -0.1) is 11.3 Å². The van der Waals surface area contributed by atoms with Crippen molar-refractivity contribution in [2.75, 3.05) is 0 Å². The SMILES string of the molecule is CC1CCc2c(sc3cc(C(=O)O)n(CCc4ccccc4)c(=O)c23)C1. The van der Waals surface area contributed by atoms with Gasteiger partial charge in [-0.05, 0) is 48.8 Å². The van der Waals surface area contributed by atoms with Gasteiger partial charge in [0.25, 0.3) is 5.56 Å². The molecule has 1 aromatic carbocycles. The number of carboxylic acids is 1. The lowest BCUT2D eigenvalue weighted by atomic mass is 9.89. The molecule has 0 amide bonds. The number of carbonyl (C=O) groups is 1. The maximum absolute atomic E-state index is 13.2. The van der Waals surface area contributed by atoms with Gasteiger partial charge in [0.05, 0.1) is 5.39 Å².